The molecule has 0 aliphatic carbocycles. The van der Waals surface area contributed by atoms with Gasteiger partial charge in [0.15, 0.2) is 17.3 Å². The van der Waals surface area contributed by atoms with E-state index in [0.717, 1.165) is 16.7 Å². The Morgan fingerprint density at radius 2 is 1.63 bits per heavy atom. The number of hydrogen-bond donors (Lipinski definition) is 0. The SMILES string of the molecule is COc1ccc(CC(=O)N(C)C(C)C(=O)c2ccc(C)c(C)c2)cc1OC. The Bertz CT molecular complexity index is 844. The van der Waals surface area contributed by atoms with E-state index in [1.165, 1.54) is 4.90 Å². The molecule has 2 aromatic carbocycles. The average Bonchev–Trinajstić information content (AvgIpc) is 2.68. The van der Waals surface area contributed by atoms with Crippen LogP contribution in [0.5, 0.6) is 11.5 Å². The molecule has 0 spiro atoms. The van der Waals surface area contributed by atoms with Crippen LogP contribution in [-0.2, 0) is 11.2 Å². The van der Waals surface area contributed by atoms with Gasteiger partial charge in [0.05, 0.1) is 26.7 Å². The van der Waals surface area contributed by atoms with Crippen molar-refractivity contribution < 1.29 is 19.1 Å². The van der Waals surface area contributed by atoms with Gasteiger partial charge in [-0.15, -0.1) is 0 Å². The van der Waals surface area contributed by atoms with Crippen LogP contribution in [0.1, 0.15) is 34.0 Å². The fourth-order valence-corrected chi connectivity index (χ4v) is 2.82. The molecule has 0 fully saturated rings. The van der Waals surface area contributed by atoms with Crippen LogP contribution < -0.4 is 9.47 Å². The Balaban J connectivity index is 2.11. The Kier molecular flexibility index (Phi) is 6.61. The number of ether oxygens (including phenoxy) is 2. The van der Waals surface area contributed by atoms with Crippen molar-refractivity contribution in [3.63, 3.8) is 0 Å². The topological polar surface area (TPSA) is 55.8 Å². The second-order valence-corrected chi connectivity index (χ2v) is 6.71. The average molecular weight is 369 g/mol. The number of benzene rings is 2. The van der Waals surface area contributed by atoms with Gasteiger partial charge in [-0.3, -0.25) is 9.59 Å². The highest BCUT2D eigenvalue weighted by Crippen LogP contribution is 2.28. The molecule has 1 amide bonds. The van der Waals surface area contributed by atoms with E-state index in [4.69, 9.17) is 9.47 Å². The first-order valence-corrected chi connectivity index (χ1v) is 8.86. The summed E-state index contributed by atoms with van der Waals surface area (Å²) in [6.07, 6.45) is 0.182. The van der Waals surface area contributed by atoms with E-state index in [2.05, 4.69) is 0 Å². The first-order valence-electron chi connectivity index (χ1n) is 8.86. The van der Waals surface area contributed by atoms with Gasteiger partial charge in [0.2, 0.25) is 5.91 Å². The number of carbonyl (C=O) groups is 2. The van der Waals surface area contributed by atoms with Crippen molar-refractivity contribution in [3.05, 3.63) is 58.7 Å². The van der Waals surface area contributed by atoms with Gasteiger partial charge in [0, 0.05) is 12.6 Å². The zero-order chi connectivity index (χ0) is 20.1. The lowest BCUT2D eigenvalue weighted by molar-refractivity contribution is -0.130. The second-order valence-electron chi connectivity index (χ2n) is 6.71. The standard InChI is InChI=1S/C22H27NO4/c1-14-7-9-18(11-15(14)2)22(25)16(3)23(4)21(24)13-17-8-10-19(26-5)20(12-17)27-6/h7-12,16H,13H2,1-6H3. The molecule has 2 aromatic rings. The minimum atomic E-state index is -0.542. The van der Waals surface area contributed by atoms with Gasteiger partial charge < -0.3 is 14.4 Å². The number of likely N-dealkylation sites (N-methyl/N-ethyl adjacent to an activating group) is 1. The summed E-state index contributed by atoms with van der Waals surface area (Å²) in [5.41, 5.74) is 3.62. The van der Waals surface area contributed by atoms with Crippen LogP contribution in [0.3, 0.4) is 0 Å². The van der Waals surface area contributed by atoms with Crippen LogP contribution in [-0.4, -0.2) is 43.9 Å². The molecule has 5 nitrogen and oxygen atoms in total. The van der Waals surface area contributed by atoms with Crippen LogP contribution in [0.15, 0.2) is 36.4 Å². The van der Waals surface area contributed by atoms with E-state index in [1.807, 2.05) is 38.1 Å². The number of carbonyl (C=O) groups excluding carboxylic acids is 2. The second kappa shape index (κ2) is 8.71. The maximum absolute atomic E-state index is 12.8. The van der Waals surface area contributed by atoms with Crippen LogP contribution >= 0.6 is 0 Å². The highest BCUT2D eigenvalue weighted by Gasteiger charge is 2.24. The maximum Gasteiger partial charge on any atom is 0.227 e. The lowest BCUT2D eigenvalue weighted by atomic mass is 9.99. The molecule has 0 aliphatic heterocycles. The zero-order valence-corrected chi connectivity index (χ0v) is 16.8. The minimum Gasteiger partial charge on any atom is -0.493 e. The highest BCUT2D eigenvalue weighted by molar-refractivity contribution is 6.01. The number of amides is 1. The van der Waals surface area contributed by atoms with Gasteiger partial charge >= 0.3 is 0 Å². The molecule has 0 aromatic heterocycles. The van der Waals surface area contributed by atoms with Gasteiger partial charge in [-0.25, -0.2) is 0 Å². The van der Waals surface area contributed by atoms with Crippen molar-refractivity contribution >= 4 is 11.7 Å². The molecule has 0 heterocycles. The van der Waals surface area contributed by atoms with Gasteiger partial charge in [0.1, 0.15) is 0 Å². The molecule has 5 heteroatoms. The minimum absolute atomic E-state index is 0.0683. The number of ketones is 1. The highest BCUT2D eigenvalue weighted by atomic mass is 16.5. The summed E-state index contributed by atoms with van der Waals surface area (Å²) in [6.45, 7) is 5.73. The predicted octanol–water partition coefficient (Wildman–Crippen LogP) is 3.59. The normalized spacial score (nSPS) is 11.6. The van der Waals surface area contributed by atoms with Crippen LogP contribution in [0.2, 0.25) is 0 Å². The molecular weight excluding hydrogens is 342 g/mol. The fraction of sp³-hybridized carbons (Fsp3) is 0.364. The van der Waals surface area contributed by atoms with Gasteiger partial charge in [-0.05, 0) is 55.7 Å². The fourth-order valence-electron chi connectivity index (χ4n) is 2.82. The number of rotatable bonds is 7. The predicted molar refractivity (Wildman–Crippen MR) is 106 cm³/mol. The number of nitrogens with zero attached hydrogens (tertiary/aromatic N) is 1. The van der Waals surface area contributed by atoms with Crippen LogP contribution in [0.25, 0.3) is 0 Å². The number of aryl methyl sites for hydroxylation is 2. The van der Waals surface area contributed by atoms with Gasteiger partial charge in [-0.1, -0.05) is 18.2 Å². The third-order valence-corrected chi connectivity index (χ3v) is 4.95. The quantitative estimate of drug-likeness (QED) is 0.700. The first kappa shape index (κ1) is 20.5. The smallest absolute Gasteiger partial charge is 0.227 e. The molecule has 144 valence electrons. The van der Waals surface area contributed by atoms with Gasteiger partial charge in [0.25, 0.3) is 0 Å². The molecule has 0 N–H and O–H groups in total. The number of methoxy groups -OCH3 is 2. The molecule has 27 heavy (non-hydrogen) atoms. The lowest BCUT2D eigenvalue weighted by Crippen LogP contribution is -2.41. The van der Waals surface area contributed by atoms with Crippen molar-refractivity contribution in [2.45, 2.75) is 33.2 Å². The van der Waals surface area contributed by atoms with E-state index in [0.29, 0.717) is 17.1 Å². The summed E-state index contributed by atoms with van der Waals surface area (Å²) < 4.78 is 10.5. The van der Waals surface area contributed by atoms with E-state index in [1.54, 1.807) is 40.3 Å². The van der Waals surface area contributed by atoms with Gasteiger partial charge in [-0.2, -0.15) is 0 Å². The largest absolute Gasteiger partial charge is 0.493 e. The molecule has 0 radical (unpaired) electrons. The van der Waals surface area contributed by atoms with Crippen molar-refractivity contribution in [1.29, 1.82) is 0 Å². The molecule has 0 bridgehead atoms. The summed E-state index contributed by atoms with van der Waals surface area (Å²) in [5, 5.41) is 0. The monoisotopic (exact) mass is 369 g/mol. The van der Waals surface area contributed by atoms with Crippen molar-refractivity contribution in [2.75, 3.05) is 21.3 Å². The molecule has 0 saturated carbocycles. The summed E-state index contributed by atoms with van der Waals surface area (Å²) in [5.74, 6) is 0.984. The summed E-state index contributed by atoms with van der Waals surface area (Å²) >= 11 is 0. The Labute approximate surface area is 160 Å². The van der Waals surface area contributed by atoms with Crippen LogP contribution in [0, 0.1) is 13.8 Å². The Morgan fingerprint density at radius 3 is 2.22 bits per heavy atom. The van der Waals surface area contributed by atoms with Crippen LogP contribution in [0.4, 0.5) is 0 Å². The molecule has 1 unspecified atom stereocenters. The Hall–Kier alpha value is -2.82. The molecule has 2 rings (SSSR count). The summed E-state index contributed by atoms with van der Waals surface area (Å²) in [6, 6.07) is 10.4. The van der Waals surface area contributed by atoms with E-state index in [9.17, 15) is 9.59 Å². The number of hydrogen-bond acceptors (Lipinski definition) is 4. The third-order valence-electron chi connectivity index (χ3n) is 4.95. The maximum atomic E-state index is 12.8. The summed E-state index contributed by atoms with van der Waals surface area (Å²) in [7, 11) is 4.78. The molecule has 0 saturated heterocycles. The molecule has 1 atom stereocenters. The van der Waals surface area contributed by atoms with E-state index < -0.39 is 6.04 Å². The lowest BCUT2D eigenvalue weighted by Gasteiger charge is -2.24. The van der Waals surface area contributed by atoms with Crippen molar-refractivity contribution in [1.82, 2.24) is 4.90 Å². The molecular formula is C22H27NO4. The van der Waals surface area contributed by atoms with E-state index >= 15 is 0 Å². The zero-order valence-electron chi connectivity index (χ0n) is 16.8. The first-order chi connectivity index (χ1) is 12.8. The number of Topliss-reactive ketones (excluding diaryl/α,β-unsaturated/α-hetero) is 1. The van der Waals surface area contributed by atoms with Crippen molar-refractivity contribution in [3.8, 4) is 11.5 Å². The van der Waals surface area contributed by atoms with Crippen molar-refractivity contribution in [2.24, 2.45) is 0 Å². The Morgan fingerprint density at radius 1 is 0.963 bits per heavy atom. The third kappa shape index (κ3) is 4.67. The van der Waals surface area contributed by atoms with E-state index in [-0.39, 0.29) is 18.1 Å². The molecule has 0 aliphatic rings. The summed E-state index contributed by atoms with van der Waals surface area (Å²) in [4.78, 5) is 26.9.